The van der Waals surface area contributed by atoms with E-state index >= 15 is 0 Å². The van der Waals surface area contributed by atoms with Gasteiger partial charge < -0.3 is 8.98 Å². The molecule has 1 N–H and O–H groups in total. The lowest BCUT2D eigenvalue weighted by atomic mass is 10.1. The first-order valence-corrected chi connectivity index (χ1v) is 11.5. The Morgan fingerprint density at radius 3 is 2.73 bits per heavy atom. The van der Waals surface area contributed by atoms with Gasteiger partial charge >= 0.3 is 5.91 Å². The highest BCUT2D eigenvalue weighted by Crippen LogP contribution is 2.26. The second-order valence-electron chi connectivity index (χ2n) is 7.72. The summed E-state index contributed by atoms with van der Waals surface area (Å²) in [6, 6.07) is 23.3. The molecule has 0 bridgehead atoms. The molecule has 3 aromatic carbocycles. The number of amides is 1. The van der Waals surface area contributed by atoms with Crippen LogP contribution >= 0.6 is 27.5 Å². The van der Waals surface area contributed by atoms with E-state index < -0.39 is 5.91 Å². The van der Waals surface area contributed by atoms with Crippen molar-refractivity contribution in [3.63, 3.8) is 0 Å². The Balaban J connectivity index is 1.41. The number of furan rings is 1. The highest BCUT2D eigenvalue weighted by Gasteiger charge is 2.14. The van der Waals surface area contributed by atoms with Crippen LogP contribution in [0.1, 0.15) is 27.4 Å². The van der Waals surface area contributed by atoms with Crippen molar-refractivity contribution in [1.29, 1.82) is 0 Å². The predicted molar refractivity (Wildman–Crippen MR) is 136 cm³/mol. The van der Waals surface area contributed by atoms with Crippen LogP contribution in [-0.4, -0.2) is 16.7 Å². The smallest absolute Gasteiger partial charge is 0.307 e. The normalized spacial score (nSPS) is 11.6. The maximum absolute atomic E-state index is 12.6. The summed E-state index contributed by atoms with van der Waals surface area (Å²) >= 11 is 9.50. The van der Waals surface area contributed by atoms with Gasteiger partial charge in [-0.05, 0) is 55.0 Å². The van der Waals surface area contributed by atoms with Crippen LogP contribution < -0.4 is 5.43 Å². The number of halogens is 2. The average molecular weight is 521 g/mol. The third-order valence-corrected chi connectivity index (χ3v) is 6.36. The zero-order valence-corrected chi connectivity index (χ0v) is 20.0. The summed E-state index contributed by atoms with van der Waals surface area (Å²) in [7, 11) is 0. The Morgan fingerprint density at radius 2 is 1.91 bits per heavy atom. The zero-order valence-electron chi connectivity index (χ0n) is 17.7. The number of nitrogens with one attached hydrogen (secondary N) is 1. The molecule has 5 nitrogen and oxygen atoms in total. The Labute approximate surface area is 203 Å². The number of carbonyl (C=O) groups excluding carboxylic acids is 1. The van der Waals surface area contributed by atoms with E-state index in [9.17, 15) is 4.79 Å². The second kappa shape index (κ2) is 8.89. The quantitative estimate of drug-likeness (QED) is 0.202. The number of hydrogen-bond donors (Lipinski definition) is 1. The Hall–Kier alpha value is -3.35. The molecule has 164 valence electrons. The van der Waals surface area contributed by atoms with Gasteiger partial charge in [0, 0.05) is 43.6 Å². The molecular weight excluding hydrogens is 502 g/mol. The van der Waals surface area contributed by atoms with Gasteiger partial charge in [0.25, 0.3) is 0 Å². The van der Waals surface area contributed by atoms with Gasteiger partial charge in [0.15, 0.2) is 5.76 Å². The van der Waals surface area contributed by atoms with Gasteiger partial charge in [-0.3, -0.25) is 4.79 Å². The molecular formula is C26H19BrClN3O2. The van der Waals surface area contributed by atoms with Crippen LogP contribution in [0.25, 0.3) is 21.9 Å². The third kappa shape index (κ3) is 4.32. The Morgan fingerprint density at radius 1 is 1.12 bits per heavy atom. The number of para-hydroxylation sites is 1. The molecule has 1 amide bonds. The summed E-state index contributed by atoms with van der Waals surface area (Å²) in [5.74, 6) is -0.242. The molecule has 5 rings (SSSR count). The maximum atomic E-state index is 12.6. The Bertz CT molecular complexity index is 1520. The van der Waals surface area contributed by atoms with Gasteiger partial charge in [0.05, 0.1) is 6.21 Å². The third-order valence-electron chi connectivity index (χ3n) is 5.60. The second-order valence-corrected chi connectivity index (χ2v) is 9.07. The highest BCUT2D eigenvalue weighted by molar-refractivity contribution is 9.10. The van der Waals surface area contributed by atoms with E-state index in [1.165, 1.54) is 5.56 Å². The minimum Gasteiger partial charge on any atom is -0.451 e. The number of aromatic nitrogens is 1. The Kier molecular flexibility index (Phi) is 5.79. The number of benzene rings is 3. The van der Waals surface area contributed by atoms with E-state index in [1.54, 1.807) is 30.5 Å². The first-order chi connectivity index (χ1) is 16.0. The van der Waals surface area contributed by atoms with Crippen LogP contribution in [0, 0.1) is 6.92 Å². The molecule has 0 aliphatic rings. The lowest BCUT2D eigenvalue weighted by Gasteiger charge is -2.09. The lowest BCUT2D eigenvalue weighted by Crippen LogP contribution is -2.16. The number of fused-ring (bicyclic) bond motifs is 2. The standard InChI is InChI=1S/C26H19BrClN3O2/c1-16-22(14-29-30-26(32)25-13-18-12-20(28)10-11-24(18)33-25)21-4-2-3-5-23(21)31(16)15-17-6-8-19(27)9-7-17/h2-14H,15H2,1H3,(H,30,32)/b29-14+. The summed E-state index contributed by atoms with van der Waals surface area (Å²) in [5.41, 5.74) is 7.50. The molecule has 2 aromatic heterocycles. The topological polar surface area (TPSA) is 59.5 Å². The number of hydrogen-bond acceptors (Lipinski definition) is 3. The summed E-state index contributed by atoms with van der Waals surface area (Å²) in [6.07, 6.45) is 1.69. The van der Waals surface area contributed by atoms with Gasteiger partial charge in [0.1, 0.15) is 5.58 Å². The van der Waals surface area contributed by atoms with Crippen molar-refractivity contribution in [3.8, 4) is 0 Å². The van der Waals surface area contributed by atoms with Gasteiger partial charge in [-0.1, -0.05) is 57.9 Å². The molecule has 0 fully saturated rings. The SMILES string of the molecule is Cc1c(/C=N/NC(=O)c2cc3cc(Cl)ccc3o2)c2ccccc2n1Cc1ccc(Br)cc1. The van der Waals surface area contributed by atoms with Gasteiger partial charge in [0.2, 0.25) is 0 Å². The highest BCUT2D eigenvalue weighted by atomic mass is 79.9. The number of carbonyl (C=O) groups is 1. The van der Waals surface area contributed by atoms with Crippen molar-refractivity contribution in [2.75, 3.05) is 0 Å². The zero-order chi connectivity index (χ0) is 22.9. The first kappa shape index (κ1) is 21.5. The molecule has 0 aliphatic carbocycles. The fraction of sp³-hybridized carbons (Fsp3) is 0.0769. The van der Waals surface area contributed by atoms with Crippen LogP contribution in [0.4, 0.5) is 0 Å². The van der Waals surface area contributed by atoms with Crippen LogP contribution in [0.2, 0.25) is 5.02 Å². The van der Waals surface area contributed by atoms with Crippen molar-refractivity contribution in [1.82, 2.24) is 9.99 Å². The largest absolute Gasteiger partial charge is 0.451 e. The fourth-order valence-corrected chi connectivity index (χ4v) is 4.38. The van der Waals surface area contributed by atoms with E-state index in [4.69, 9.17) is 16.0 Å². The lowest BCUT2D eigenvalue weighted by molar-refractivity contribution is 0.0929. The first-order valence-electron chi connectivity index (χ1n) is 10.3. The summed E-state index contributed by atoms with van der Waals surface area (Å²) < 4.78 is 8.92. The molecule has 33 heavy (non-hydrogen) atoms. The molecule has 2 heterocycles. The van der Waals surface area contributed by atoms with Crippen LogP contribution in [0.5, 0.6) is 0 Å². The van der Waals surface area contributed by atoms with Crippen molar-refractivity contribution in [2.45, 2.75) is 13.5 Å². The number of rotatable bonds is 5. The average Bonchev–Trinajstić information content (AvgIpc) is 3.35. The summed E-state index contributed by atoms with van der Waals surface area (Å²) in [4.78, 5) is 12.6. The summed E-state index contributed by atoms with van der Waals surface area (Å²) in [5, 5.41) is 6.64. The van der Waals surface area contributed by atoms with E-state index in [0.717, 1.165) is 38.6 Å². The maximum Gasteiger partial charge on any atom is 0.307 e. The summed E-state index contributed by atoms with van der Waals surface area (Å²) in [6.45, 7) is 2.80. The van der Waals surface area contributed by atoms with Crippen LogP contribution in [-0.2, 0) is 6.54 Å². The van der Waals surface area contributed by atoms with Gasteiger partial charge in [-0.2, -0.15) is 5.10 Å². The van der Waals surface area contributed by atoms with E-state index in [0.29, 0.717) is 10.6 Å². The van der Waals surface area contributed by atoms with Crippen molar-refractivity contribution >= 4 is 61.5 Å². The minimum absolute atomic E-state index is 0.179. The molecule has 0 radical (unpaired) electrons. The fourth-order valence-electron chi connectivity index (χ4n) is 3.93. The minimum atomic E-state index is -0.421. The van der Waals surface area contributed by atoms with E-state index in [1.807, 2.05) is 24.3 Å². The molecule has 0 aliphatic heterocycles. The molecule has 0 saturated carbocycles. The van der Waals surface area contributed by atoms with Crippen molar-refractivity contribution in [2.24, 2.45) is 5.10 Å². The predicted octanol–water partition coefficient (Wildman–Crippen LogP) is 6.92. The monoisotopic (exact) mass is 519 g/mol. The van der Waals surface area contributed by atoms with Crippen LogP contribution in [0.15, 0.2) is 86.8 Å². The van der Waals surface area contributed by atoms with Crippen molar-refractivity contribution in [3.05, 3.63) is 105 Å². The van der Waals surface area contributed by atoms with Gasteiger partial charge in [-0.15, -0.1) is 0 Å². The van der Waals surface area contributed by atoms with Crippen molar-refractivity contribution < 1.29 is 9.21 Å². The van der Waals surface area contributed by atoms with E-state index in [-0.39, 0.29) is 5.76 Å². The number of hydrazone groups is 1. The van der Waals surface area contributed by atoms with Gasteiger partial charge in [-0.25, -0.2) is 5.43 Å². The molecule has 0 atom stereocenters. The molecule has 7 heteroatoms. The molecule has 0 spiro atoms. The van der Waals surface area contributed by atoms with Crippen LogP contribution in [0.3, 0.4) is 0 Å². The van der Waals surface area contributed by atoms with E-state index in [2.05, 4.69) is 62.2 Å². The molecule has 0 saturated heterocycles. The number of nitrogens with zero attached hydrogens (tertiary/aromatic N) is 2. The molecule has 0 unspecified atom stereocenters. The molecule has 5 aromatic rings.